The van der Waals surface area contributed by atoms with Crippen molar-refractivity contribution in [1.82, 2.24) is 14.9 Å². The third-order valence-corrected chi connectivity index (χ3v) is 5.38. The first-order valence-corrected chi connectivity index (χ1v) is 9.48. The largest absolute Gasteiger partial charge is 0.491 e. The Balaban J connectivity index is 1.62. The number of aryl methyl sites for hydroxylation is 1. The summed E-state index contributed by atoms with van der Waals surface area (Å²) in [5.74, 6) is 0.808. The lowest BCUT2D eigenvalue weighted by molar-refractivity contribution is 0.0720. The number of rotatable bonds is 2. The molecule has 1 fully saturated rings. The van der Waals surface area contributed by atoms with Crippen molar-refractivity contribution in [3.63, 3.8) is 0 Å². The summed E-state index contributed by atoms with van der Waals surface area (Å²) < 4.78 is 19.1. The topological polar surface area (TPSA) is 84.6 Å². The first-order chi connectivity index (χ1) is 13.4. The number of nitrogens with zero attached hydrogens (tertiary/aromatic N) is 4. The maximum absolute atomic E-state index is 13.5. The van der Waals surface area contributed by atoms with Gasteiger partial charge in [0.25, 0.3) is 5.91 Å². The normalized spacial score (nSPS) is 19.2. The van der Waals surface area contributed by atoms with Gasteiger partial charge in [-0.15, -0.1) is 0 Å². The molecule has 7 nitrogen and oxygen atoms in total. The molecular formula is C20H24FN5O2. The second-order valence-corrected chi connectivity index (χ2v) is 7.40. The molecule has 2 N–H and O–H groups in total. The highest BCUT2D eigenvalue weighted by Crippen LogP contribution is 2.26. The van der Waals surface area contributed by atoms with Gasteiger partial charge in [-0.2, -0.15) is 0 Å². The molecule has 4 rings (SSSR count). The Hall–Kier alpha value is -2.74. The zero-order valence-corrected chi connectivity index (χ0v) is 16.1. The van der Waals surface area contributed by atoms with Crippen LogP contribution in [0, 0.1) is 19.7 Å². The molecule has 28 heavy (non-hydrogen) atoms. The summed E-state index contributed by atoms with van der Waals surface area (Å²) in [5.41, 5.74) is 8.55. The Bertz CT molecular complexity index is 920. The summed E-state index contributed by atoms with van der Waals surface area (Å²) in [4.78, 5) is 25.9. The minimum Gasteiger partial charge on any atom is -0.491 e. The van der Waals surface area contributed by atoms with Gasteiger partial charge in [-0.25, -0.2) is 14.4 Å². The average Bonchev–Trinajstić information content (AvgIpc) is 2.98. The number of ether oxygens (including phenoxy) is 1. The molecule has 1 amide bonds. The van der Waals surface area contributed by atoms with E-state index < -0.39 is 0 Å². The quantitative estimate of drug-likeness (QED) is 0.849. The Morgan fingerprint density at radius 1 is 1.29 bits per heavy atom. The van der Waals surface area contributed by atoms with Gasteiger partial charge >= 0.3 is 0 Å². The molecule has 1 saturated heterocycles. The van der Waals surface area contributed by atoms with Gasteiger partial charge in [0.05, 0.1) is 6.54 Å². The molecule has 0 aliphatic carbocycles. The predicted octanol–water partition coefficient (Wildman–Crippen LogP) is 1.80. The van der Waals surface area contributed by atoms with E-state index in [0.717, 1.165) is 42.1 Å². The van der Waals surface area contributed by atoms with Crippen LogP contribution in [-0.2, 0) is 6.54 Å². The lowest BCUT2D eigenvalue weighted by Crippen LogP contribution is -2.35. The second kappa shape index (κ2) is 7.35. The number of amides is 1. The van der Waals surface area contributed by atoms with Crippen molar-refractivity contribution in [1.29, 1.82) is 0 Å². The Morgan fingerprint density at radius 3 is 2.86 bits per heavy atom. The van der Waals surface area contributed by atoms with E-state index in [0.29, 0.717) is 25.4 Å². The molecule has 2 aliphatic rings. The molecule has 2 aromatic rings. The molecule has 8 heteroatoms. The predicted molar refractivity (Wildman–Crippen MR) is 103 cm³/mol. The minimum absolute atomic E-state index is 0.119. The van der Waals surface area contributed by atoms with E-state index >= 15 is 0 Å². The van der Waals surface area contributed by atoms with Crippen LogP contribution in [0.4, 0.5) is 10.2 Å². The van der Waals surface area contributed by atoms with Crippen LogP contribution in [0.15, 0.2) is 18.2 Å². The van der Waals surface area contributed by atoms with E-state index in [1.807, 2.05) is 13.8 Å². The number of carbonyl (C=O) groups excluding carboxylic acids is 1. The van der Waals surface area contributed by atoms with Crippen molar-refractivity contribution < 1.29 is 13.9 Å². The summed E-state index contributed by atoms with van der Waals surface area (Å²) in [6, 6.07) is 4.49. The van der Waals surface area contributed by atoms with Crippen LogP contribution in [0.1, 0.15) is 33.9 Å². The van der Waals surface area contributed by atoms with Crippen LogP contribution in [0.25, 0.3) is 0 Å². The minimum atomic E-state index is -0.357. The summed E-state index contributed by atoms with van der Waals surface area (Å²) in [6.45, 7) is 6.40. The van der Waals surface area contributed by atoms with E-state index in [2.05, 4.69) is 14.9 Å². The van der Waals surface area contributed by atoms with Crippen molar-refractivity contribution in [2.45, 2.75) is 32.9 Å². The summed E-state index contributed by atoms with van der Waals surface area (Å²) in [6.07, 6.45) is 0.905. The van der Waals surface area contributed by atoms with Crippen LogP contribution < -0.4 is 15.4 Å². The zero-order chi connectivity index (χ0) is 19.8. The molecule has 148 valence electrons. The molecule has 0 saturated carbocycles. The van der Waals surface area contributed by atoms with Crippen LogP contribution in [0.5, 0.6) is 5.75 Å². The van der Waals surface area contributed by atoms with Crippen LogP contribution >= 0.6 is 0 Å². The Labute approximate surface area is 163 Å². The number of carbonyl (C=O) groups is 1. The Morgan fingerprint density at radius 2 is 2.11 bits per heavy atom. The highest BCUT2D eigenvalue weighted by atomic mass is 19.1. The lowest BCUT2D eigenvalue weighted by Gasteiger charge is -2.23. The molecule has 0 bridgehead atoms. The third kappa shape index (κ3) is 3.52. The number of fused-ring (bicyclic) bond motifs is 1. The highest BCUT2D eigenvalue weighted by Gasteiger charge is 2.27. The fraction of sp³-hybridized carbons (Fsp3) is 0.450. The molecule has 1 aromatic heterocycles. The van der Waals surface area contributed by atoms with Crippen molar-refractivity contribution >= 4 is 11.7 Å². The van der Waals surface area contributed by atoms with E-state index in [-0.39, 0.29) is 23.6 Å². The Kier molecular flexibility index (Phi) is 4.89. The monoisotopic (exact) mass is 385 g/mol. The van der Waals surface area contributed by atoms with Gasteiger partial charge in [0, 0.05) is 48.6 Å². The van der Waals surface area contributed by atoms with E-state index in [9.17, 15) is 9.18 Å². The molecular weight excluding hydrogens is 361 g/mol. The number of aromatic nitrogens is 2. The van der Waals surface area contributed by atoms with Gasteiger partial charge in [0.15, 0.2) is 0 Å². The van der Waals surface area contributed by atoms with Crippen molar-refractivity contribution in [3.8, 4) is 5.75 Å². The third-order valence-electron chi connectivity index (χ3n) is 5.38. The smallest absolute Gasteiger partial charge is 0.292 e. The molecule has 3 heterocycles. The van der Waals surface area contributed by atoms with E-state index in [1.165, 1.54) is 12.1 Å². The second-order valence-electron chi connectivity index (χ2n) is 7.40. The van der Waals surface area contributed by atoms with Gasteiger partial charge in [0.2, 0.25) is 5.82 Å². The molecule has 0 unspecified atom stereocenters. The SMILES string of the molecule is Cc1nc(C(=O)N2CCOc3cc(F)ccc3C2)nc(N2CC[C@@H](N)C2)c1C. The molecule has 1 aromatic carbocycles. The standard InChI is InChI=1S/C20H24FN5O2/c1-12-13(2)23-18(24-19(12)25-6-5-16(22)11-25)20(27)26-7-8-28-17-9-15(21)4-3-14(17)10-26/h3-4,9,16H,5-8,10-11,22H2,1-2H3/t16-/m1/s1. The maximum Gasteiger partial charge on any atom is 0.292 e. The molecule has 0 spiro atoms. The van der Waals surface area contributed by atoms with Crippen molar-refractivity contribution in [2.24, 2.45) is 5.73 Å². The zero-order valence-electron chi connectivity index (χ0n) is 16.1. The van der Waals surface area contributed by atoms with Gasteiger partial charge in [-0.1, -0.05) is 6.07 Å². The molecule has 1 atom stereocenters. The van der Waals surface area contributed by atoms with Gasteiger partial charge < -0.3 is 20.3 Å². The van der Waals surface area contributed by atoms with Crippen molar-refractivity contribution in [3.05, 3.63) is 46.7 Å². The van der Waals surface area contributed by atoms with Gasteiger partial charge in [-0.3, -0.25) is 4.79 Å². The molecule has 0 radical (unpaired) electrons. The van der Waals surface area contributed by atoms with Gasteiger partial charge in [-0.05, 0) is 26.3 Å². The summed E-state index contributed by atoms with van der Waals surface area (Å²) >= 11 is 0. The number of hydrogen-bond donors (Lipinski definition) is 1. The molecule has 2 aliphatic heterocycles. The van der Waals surface area contributed by atoms with E-state index in [4.69, 9.17) is 10.5 Å². The fourth-order valence-electron chi connectivity index (χ4n) is 3.66. The number of nitrogens with two attached hydrogens (primary N) is 1. The summed E-state index contributed by atoms with van der Waals surface area (Å²) in [7, 11) is 0. The number of halogens is 1. The first kappa shape index (κ1) is 18.6. The lowest BCUT2D eigenvalue weighted by atomic mass is 10.2. The number of benzene rings is 1. The maximum atomic E-state index is 13.5. The fourth-order valence-corrected chi connectivity index (χ4v) is 3.66. The van der Waals surface area contributed by atoms with Crippen molar-refractivity contribution in [2.75, 3.05) is 31.1 Å². The average molecular weight is 385 g/mol. The van der Waals surface area contributed by atoms with Crippen LogP contribution in [0.2, 0.25) is 0 Å². The number of anilines is 1. The van der Waals surface area contributed by atoms with E-state index in [1.54, 1.807) is 11.0 Å². The highest BCUT2D eigenvalue weighted by molar-refractivity contribution is 5.91. The number of hydrogen-bond acceptors (Lipinski definition) is 6. The van der Waals surface area contributed by atoms with Crippen LogP contribution in [-0.4, -0.2) is 53.1 Å². The van der Waals surface area contributed by atoms with Gasteiger partial charge in [0.1, 0.15) is 24.0 Å². The van der Waals surface area contributed by atoms with Crippen LogP contribution in [0.3, 0.4) is 0 Å². The first-order valence-electron chi connectivity index (χ1n) is 9.48. The summed E-state index contributed by atoms with van der Waals surface area (Å²) in [5, 5.41) is 0.